The molecule has 7 nitrogen and oxygen atoms in total. The summed E-state index contributed by atoms with van der Waals surface area (Å²) in [6, 6.07) is 0. The minimum Gasteiger partial charge on any atom is -0.348 e. The molecule has 1 aromatic rings. The Morgan fingerprint density at radius 2 is 1.93 bits per heavy atom. The fourth-order valence-corrected chi connectivity index (χ4v) is 5.25. The van der Waals surface area contributed by atoms with E-state index < -0.39 is 0 Å². The zero-order valence-corrected chi connectivity index (χ0v) is 17.2. The van der Waals surface area contributed by atoms with Gasteiger partial charge >= 0.3 is 0 Å². The third-order valence-electron chi connectivity index (χ3n) is 6.64. The van der Waals surface area contributed by atoms with Gasteiger partial charge in [-0.3, -0.25) is 10.2 Å². The third kappa shape index (κ3) is 2.91. The summed E-state index contributed by atoms with van der Waals surface area (Å²) in [5, 5.41) is 4.95. The molecule has 5 rings (SSSR count). The van der Waals surface area contributed by atoms with Gasteiger partial charge in [0.1, 0.15) is 5.84 Å². The number of hydroxylamine groups is 1. The Morgan fingerprint density at radius 3 is 2.59 bits per heavy atom. The van der Waals surface area contributed by atoms with Crippen LogP contribution in [0.4, 0.5) is 0 Å². The van der Waals surface area contributed by atoms with E-state index in [4.69, 9.17) is 19.4 Å². The Bertz CT molecular complexity index is 738. The SMILES string of the molecule is CC.CC1=NC(c2c3c(nn2C)[C@@]2(C)CCC4(CC2CC3)OCCO4)ON1. The average Bonchev–Trinajstić information content (AvgIpc) is 3.37. The van der Waals surface area contributed by atoms with E-state index in [2.05, 4.69) is 17.4 Å². The fraction of sp³-hybridized carbons (Fsp3) is 0.800. The third-order valence-corrected chi connectivity index (χ3v) is 6.64. The normalized spacial score (nSPS) is 33.6. The van der Waals surface area contributed by atoms with Crippen LogP contribution in [0.5, 0.6) is 0 Å². The molecule has 2 aliphatic heterocycles. The minimum atomic E-state index is -0.334. The van der Waals surface area contributed by atoms with Gasteiger partial charge < -0.3 is 9.47 Å². The van der Waals surface area contributed by atoms with Gasteiger partial charge in [0.15, 0.2) is 5.79 Å². The molecule has 0 bridgehead atoms. The Kier molecular flexibility index (Phi) is 4.81. The predicted octanol–water partition coefficient (Wildman–Crippen LogP) is 3.15. The molecule has 0 amide bonds. The molecule has 1 saturated heterocycles. The van der Waals surface area contributed by atoms with Crippen LogP contribution in [0.1, 0.15) is 76.6 Å². The van der Waals surface area contributed by atoms with Crippen LogP contribution in [0.15, 0.2) is 4.99 Å². The summed E-state index contributed by atoms with van der Waals surface area (Å²) in [4.78, 5) is 10.2. The molecule has 0 radical (unpaired) electrons. The zero-order chi connectivity index (χ0) is 19.2. The summed E-state index contributed by atoms with van der Waals surface area (Å²) in [6.45, 7) is 9.75. The number of nitrogens with zero attached hydrogens (tertiary/aromatic N) is 3. The molecule has 2 fully saturated rings. The molecule has 1 N–H and O–H groups in total. The number of fused-ring (bicyclic) bond motifs is 3. The lowest BCUT2D eigenvalue weighted by Gasteiger charge is -2.49. The molecule has 1 spiro atoms. The number of hydrogen-bond donors (Lipinski definition) is 1. The lowest BCUT2D eigenvalue weighted by Crippen LogP contribution is -2.49. The van der Waals surface area contributed by atoms with E-state index in [1.165, 1.54) is 11.3 Å². The molecule has 3 atom stereocenters. The van der Waals surface area contributed by atoms with Gasteiger partial charge in [-0.05, 0) is 32.1 Å². The van der Waals surface area contributed by atoms with Gasteiger partial charge in [-0.25, -0.2) is 9.83 Å². The van der Waals surface area contributed by atoms with Crippen LogP contribution in [0.3, 0.4) is 0 Å². The zero-order valence-electron chi connectivity index (χ0n) is 17.2. The number of nitrogens with one attached hydrogen (secondary N) is 1. The first-order valence-corrected chi connectivity index (χ1v) is 10.3. The van der Waals surface area contributed by atoms with Crippen molar-refractivity contribution < 1.29 is 14.3 Å². The highest BCUT2D eigenvalue weighted by Crippen LogP contribution is 2.54. The van der Waals surface area contributed by atoms with Crippen LogP contribution in [0.25, 0.3) is 0 Å². The Balaban J connectivity index is 0.000000872. The van der Waals surface area contributed by atoms with Crippen molar-refractivity contribution in [1.29, 1.82) is 0 Å². The Labute approximate surface area is 161 Å². The predicted molar refractivity (Wildman–Crippen MR) is 102 cm³/mol. The summed E-state index contributed by atoms with van der Waals surface area (Å²) >= 11 is 0. The van der Waals surface area contributed by atoms with Gasteiger partial charge in [-0.1, -0.05) is 20.8 Å². The van der Waals surface area contributed by atoms with Crippen molar-refractivity contribution in [1.82, 2.24) is 15.3 Å². The summed E-state index contributed by atoms with van der Waals surface area (Å²) in [5.74, 6) is 1.02. The summed E-state index contributed by atoms with van der Waals surface area (Å²) < 4.78 is 14.0. The van der Waals surface area contributed by atoms with Gasteiger partial charge in [0, 0.05) is 30.9 Å². The first-order chi connectivity index (χ1) is 13.0. The maximum atomic E-state index is 5.99. The molecule has 7 heteroatoms. The van der Waals surface area contributed by atoms with Gasteiger partial charge in [0.05, 0.1) is 24.6 Å². The van der Waals surface area contributed by atoms with Crippen LogP contribution in [-0.2, 0) is 33.2 Å². The Morgan fingerprint density at radius 1 is 1.19 bits per heavy atom. The molecule has 150 valence electrons. The van der Waals surface area contributed by atoms with Crippen molar-refractivity contribution in [3.63, 3.8) is 0 Å². The second kappa shape index (κ2) is 6.87. The van der Waals surface area contributed by atoms with E-state index in [1.54, 1.807) is 0 Å². The monoisotopic (exact) mass is 376 g/mol. The van der Waals surface area contributed by atoms with E-state index in [0.29, 0.717) is 5.92 Å². The molecule has 27 heavy (non-hydrogen) atoms. The van der Waals surface area contributed by atoms with Crippen molar-refractivity contribution in [2.24, 2.45) is 18.0 Å². The van der Waals surface area contributed by atoms with E-state index in [-0.39, 0.29) is 17.4 Å². The number of aryl methyl sites for hydroxylation is 1. The quantitative estimate of drug-likeness (QED) is 0.815. The van der Waals surface area contributed by atoms with E-state index in [1.807, 2.05) is 32.5 Å². The van der Waals surface area contributed by atoms with Crippen molar-refractivity contribution in [3.8, 4) is 0 Å². The maximum absolute atomic E-state index is 5.99. The lowest BCUT2D eigenvalue weighted by molar-refractivity contribution is -0.199. The molecular weight excluding hydrogens is 344 g/mol. The largest absolute Gasteiger partial charge is 0.348 e. The van der Waals surface area contributed by atoms with E-state index in [9.17, 15) is 0 Å². The minimum absolute atomic E-state index is 0.0783. The maximum Gasteiger partial charge on any atom is 0.218 e. The molecule has 1 saturated carbocycles. The first kappa shape index (κ1) is 18.9. The van der Waals surface area contributed by atoms with Crippen LogP contribution in [0.2, 0.25) is 0 Å². The smallest absolute Gasteiger partial charge is 0.218 e. The second-order valence-electron chi connectivity index (χ2n) is 8.09. The molecule has 2 unspecified atom stereocenters. The van der Waals surface area contributed by atoms with Crippen LogP contribution >= 0.6 is 0 Å². The summed E-state index contributed by atoms with van der Waals surface area (Å²) in [5.41, 5.74) is 6.60. The number of aliphatic imine (C=N–C) groups is 1. The van der Waals surface area contributed by atoms with Gasteiger partial charge in [0.2, 0.25) is 6.23 Å². The van der Waals surface area contributed by atoms with Crippen molar-refractivity contribution >= 4 is 5.84 Å². The average molecular weight is 377 g/mol. The number of hydrogen-bond acceptors (Lipinski definition) is 6. The molecule has 2 aliphatic carbocycles. The molecule has 0 aromatic carbocycles. The standard InChI is InChI=1S/C18H26N4O3.C2H6/c1-11-19-16(25-21-11)14-13-5-4-12-10-18(23-8-9-24-18)7-6-17(12,2)15(13)20-22(14)3;1-2/h12,16H,4-10H2,1-3H3,(H,19,21);1-2H3/t12?,16?,17-;/m0./s1. The van der Waals surface area contributed by atoms with Crippen molar-refractivity contribution in [3.05, 3.63) is 17.0 Å². The molecular formula is C20H32N4O3. The molecule has 1 aromatic heterocycles. The highest BCUT2D eigenvalue weighted by atomic mass is 16.7. The van der Waals surface area contributed by atoms with Crippen LogP contribution < -0.4 is 5.48 Å². The van der Waals surface area contributed by atoms with Crippen LogP contribution in [0, 0.1) is 5.92 Å². The summed E-state index contributed by atoms with van der Waals surface area (Å²) in [7, 11) is 2.01. The van der Waals surface area contributed by atoms with Gasteiger partial charge in [-0.15, -0.1) is 0 Å². The second-order valence-corrected chi connectivity index (χ2v) is 8.09. The van der Waals surface area contributed by atoms with E-state index in [0.717, 1.165) is 56.8 Å². The fourth-order valence-electron chi connectivity index (χ4n) is 5.25. The first-order valence-electron chi connectivity index (χ1n) is 10.3. The molecule has 4 aliphatic rings. The van der Waals surface area contributed by atoms with Crippen molar-refractivity contribution in [2.75, 3.05) is 13.2 Å². The highest BCUT2D eigenvalue weighted by Gasteiger charge is 2.54. The Hall–Kier alpha value is -1.44. The number of amidine groups is 1. The topological polar surface area (TPSA) is 69.9 Å². The molecule has 3 heterocycles. The van der Waals surface area contributed by atoms with Gasteiger partial charge in [-0.2, -0.15) is 5.10 Å². The lowest BCUT2D eigenvalue weighted by atomic mass is 9.59. The summed E-state index contributed by atoms with van der Waals surface area (Å²) in [6.07, 6.45) is 4.84. The highest BCUT2D eigenvalue weighted by molar-refractivity contribution is 5.79. The number of aromatic nitrogens is 2. The van der Waals surface area contributed by atoms with Gasteiger partial charge in [0.25, 0.3) is 0 Å². The van der Waals surface area contributed by atoms with Crippen LogP contribution in [-0.4, -0.2) is 34.6 Å². The van der Waals surface area contributed by atoms with Crippen molar-refractivity contribution in [2.45, 2.75) is 77.2 Å². The van der Waals surface area contributed by atoms with E-state index >= 15 is 0 Å². The number of ether oxygens (including phenoxy) is 2. The number of rotatable bonds is 1.